The molecule has 13 nitrogen and oxygen atoms in total. The molecular formula is C14H18N5O8P. The number of rotatable bonds is 9. The SMILES string of the molecule is COc1nc(N)nc2c1ncn2CCOCP(=O)(O)OCc1oc(=O)oc1C. The Labute approximate surface area is 157 Å². The van der Waals surface area contributed by atoms with Crippen LogP contribution < -0.4 is 16.3 Å². The first-order valence-corrected chi connectivity index (χ1v) is 9.71. The van der Waals surface area contributed by atoms with E-state index in [0.717, 1.165) is 0 Å². The number of imidazole rings is 1. The van der Waals surface area contributed by atoms with Crippen molar-refractivity contribution in [3.8, 4) is 5.88 Å². The van der Waals surface area contributed by atoms with Gasteiger partial charge in [0, 0.05) is 6.54 Å². The molecule has 0 bridgehead atoms. The van der Waals surface area contributed by atoms with Crippen LogP contribution in [0.5, 0.6) is 5.88 Å². The Morgan fingerprint density at radius 1 is 1.36 bits per heavy atom. The summed E-state index contributed by atoms with van der Waals surface area (Å²) in [6.07, 6.45) is 0.949. The van der Waals surface area contributed by atoms with Gasteiger partial charge in [-0.05, 0) is 6.92 Å². The van der Waals surface area contributed by atoms with Crippen LogP contribution in [0.25, 0.3) is 11.2 Å². The molecule has 0 aliphatic rings. The Morgan fingerprint density at radius 2 is 2.14 bits per heavy atom. The Morgan fingerprint density at radius 3 is 2.82 bits per heavy atom. The number of nitrogens with zero attached hydrogens (tertiary/aromatic N) is 4. The van der Waals surface area contributed by atoms with Crippen LogP contribution in [0.4, 0.5) is 5.95 Å². The summed E-state index contributed by atoms with van der Waals surface area (Å²) in [4.78, 5) is 32.9. The van der Waals surface area contributed by atoms with Gasteiger partial charge >= 0.3 is 13.4 Å². The molecule has 0 saturated carbocycles. The minimum absolute atomic E-state index is 0.0291. The van der Waals surface area contributed by atoms with Crippen LogP contribution in [0.1, 0.15) is 11.5 Å². The van der Waals surface area contributed by atoms with Gasteiger partial charge in [-0.25, -0.2) is 9.78 Å². The van der Waals surface area contributed by atoms with Crippen LogP contribution in [-0.4, -0.2) is 44.5 Å². The summed E-state index contributed by atoms with van der Waals surface area (Å²) in [5.74, 6) is -0.420. The topological polar surface area (TPSA) is 178 Å². The van der Waals surface area contributed by atoms with Gasteiger partial charge in [0.2, 0.25) is 11.8 Å². The molecule has 0 amide bonds. The van der Waals surface area contributed by atoms with Crippen LogP contribution >= 0.6 is 7.60 Å². The molecule has 0 aliphatic carbocycles. The van der Waals surface area contributed by atoms with Crippen LogP contribution in [0.2, 0.25) is 0 Å². The van der Waals surface area contributed by atoms with Gasteiger partial charge in [-0.15, -0.1) is 0 Å². The second-order valence-corrected chi connectivity index (χ2v) is 7.37. The lowest BCUT2D eigenvalue weighted by atomic mass is 10.4. The number of fused-ring (bicyclic) bond motifs is 1. The van der Waals surface area contributed by atoms with Gasteiger partial charge in [0.1, 0.15) is 18.7 Å². The Balaban J connectivity index is 1.53. The number of aromatic nitrogens is 4. The predicted molar refractivity (Wildman–Crippen MR) is 93.7 cm³/mol. The number of hydrogen-bond donors (Lipinski definition) is 2. The molecule has 0 aliphatic heterocycles. The van der Waals surface area contributed by atoms with Crippen molar-refractivity contribution in [2.24, 2.45) is 0 Å². The Hall–Kier alpha value is -2.73. The second-order valence-electron chi connectivity index (χ2n) is 5.58. The number of methoxy groups -OCH3 is 1. The highest BCUT2D eigenvalue weighted by atomic mass is 31.2. The normalized spacial score (nSPS) is 13.7. The van der Waals surface area contributed by atoms with E-state index in [0.29, 0.717) is 11.2 Å². The monoisotopic (exact) mass is 415 g/mol. The fourth-order valence-corrected chi connectivity index (χ4v) is 3.04. The minimum atomic E-state index is -4.06. The summed E-state index contributed by atoms with van der Waals surface area (Å²) < 4.78 is 38.2. The molecule has 14 heteroatoms. The maximum atomic E-state index is 12.0. The van der Waals surface area contributed by atoms with E-state index in [2.05, 4.69) is 19.4 Å². The summed E-state index contributed by atoms with van der Waals surface area (Å²) in [5, 5.41) is 0. The van der Waals surface area contributed by atoms with E-state index >= 15 is 0 Å². The van der Waals surface area contributed by atoms with Crippen molar-refractivity contribution in [1.29, 1.82) is 0 Å². The van der Waals surface area contributed by atoms with E-state index in [1.165, 1.54) is 20.4 Å². The van der Waals surface area contributed by atoms with Crippen LogP contribution in [0.3, 0.4) is 0 Å². The average Bonchev–Trinajstić information content (AvgIpc) is 3.18. The van der Waals surface area contributed by atoms with E-state index in [-0.39, 0.29) is 36.5 Å². The highest BCUT2D eigenvalue weighted by molar-refractivity contribution is 7.52. The molecule has 0 radical (unpaired) electrons. The maximum Gasteiger partial charge on any atom is 0.519 e. The Kier molecular flexibility index (Phi) is 5.79. The molecule has 152 valence electrons. The van der Waals surface area contributed by atoms with Crippen molar-refractivity contribution in [3.63, 3.8) is 0 Å². The van der Waals surface area contributed by atoms with Crippen molar-refractivity contribution in [1.82, 2.24) is 19.5 Å². The molecule has 3 aromatic rings. The third-order valence-corrected chi connectivity index (χ3v) is 4.65. The summed E-state index contributed by atoms with van der Waals surface area (Å²) in [6.45, 7) is 1.44. The molecule has 3 rings (SSSR count). The van der Waals surface area contributed by atoms with Crippen molar-refractivity contribution in [2.45, 2.75) is 20.1 Å². The zero-order valence-electron chi connectivity index (χ0n) is 15.0. The van der Waals surface area contributed by atoms with Crippen molar-refractivity contribution in [2.75, 3.05) is 25.8 Å². The summed E-state index contributed by atoms with van der Waals surface area (Å²) in [5.41, 5.74) is 6.52. The van der Waals surface area contributed by atoms with Crippen molar-refractivity contribution >= 4 is 24.7 Å². The Bertz CT molecular complexity index is 1070. The molecule has 28 heavy (non-hydrogen) atoms. The fourth-order valence-electron chi connectivity index (χ4n) is 2.29. The van der Waals surface area contributed by atoms with E-state index < -0.39 is 26.4 Å². The van der Waals surface area contributed by atoms with E-state index in [9.17, 15) is 14.3 Å². The maximum absolute atomic E-state index is 12.0. The minimum Gasteiger partial charge on any atom is -0.479 e. The quantitative estimate of drug-likeness (QED) is 0.369. The number of aryl methyl sites for hydroxylation is 1. The third-order valence-electron chi connectivity index (χ3n) is 3.61. The van der Waals surface area contributed by atoms with Crippen LogP contribution in [0, 0.1) is 6.92 Å². The summed E-state index contributed by atoms with van der Waals surface area (Å²) in [6, 6.07) is 0. The van der Waals surface area contributed by atoms with Gasteiger partial charge in [0.05, 0.1) is 20.0 Å². The molecule has 1 unspecified atom stereocenters. The van der Waals surface area contributed by atoms with Crippen LogP contribution in [-0.2, 0) is 27.0 Å². The zero-order valence-corrected chi connectivity index (χ0v) is 15.9. The highest BCUT2D eigenvalue weighted by Gasteiger charge is 2.22. The lowest BCUT2D eigenvalue weighted by Crippen LogP contribution is -2.08. The van der Waals surface area contributed by atoms with Gasteiger partial charge in [-0.2, -0.15) is 9.97 Å². The standard InChI is InChI=1S/C14H18N5O8P/c1-8-9(27-14(20)26-8)5-25-28(21,22)7-24-4-3-19-6-16-10-11(19)17-13(15)18-12(10)23-2/h6H,3-5,7H2,1-2H3,(H,21,22)(H2,15,17,18). The van der Waals surface area contributed by atoms with E-state index in [1.807, 2.05) is 0 Å². The van der Waals surface area contributed by atoms with Crippen molar-refractivity contribution in [3.05, 3.63) is 28.5 Å². The molecular weight excluding hydrogens is 397 g/mol. The van der Waals surface area contributed by atoms with Gasteiger partial charge < -0.3 is 33.5 Å². The van der Waals surface area contributed by atoms with E-state index in [4.69, 9.17) is 24.1 Å². The average molecular weight is 415 g/mol. The first-order valence-electron chi connectivity index (χ1n) is 7.95. The first-order chi connectivity index (χ1) is 13.3. The predicted octanol–water partition coefficient (Wildman–Crippen LogP) is 0.648. The zero-order chi connectivity index (χ0) is 20.3. The highest BCUT2D eigenvalue weighted by Crippen LogP contribution is 2.42. The number of hydrogen-bond acceptors (Lipinski definition) is 11. The number of anilines is 1. The molecule has 3 heterocycles. The molecule has 3 N–H and O–H groups in total. The second kappa shape index (κ2) is 8.10. The summed E-state index contributed by atoms with van der Waals surface area (Å²) in [7, 11) is -2.62. The van der Waals surface area contributed by atoms with Crippen molar-refractivity contribution < 1.29 is 32.3 Å². The molecule has 3 aromatic heterocycles. The number of ether oxygens (including phenoxy) is 2. The molecule has 0 spiro atoms. The third kappa shape index (κ3) is 4.57. The lowest BCUT2D eigenvalue weighted by molar-refractivity contribution is 0.132. The number of nitrogens with two attached hydrogens (primary N) is 1. The molecule has 0 aromatic carbocycles. The largest absolute Gasteiger partial charge is 0.519 e. The molecule has 1 atom stereocenters. The van der Waals surface area contributed by atoms with Gasteiger partial charge in [0.15, 0.2) is 16.9 Å². The smallest absolute Gasteiger partial charge is 0.479 e. The van der Waals surface area contributed by atoms with Crippen LogP contribution in [0.15, 0.2) is 20.0 Å². The first kappa shape index (κ1) is 20.0. The lowest BCUT2D eigenvalue weighted by Gasteiger charge is -2.12. The van der Waals surface area contributed by atoms with E-state index in [1.54, 1.807) is 4.57 Å². The van der Waals surface area contributed by atoms with Gasteiger partial charge in [-0.1, -0.05) is 0 Å². The van der Waals surface area contributed by atoms with Gasteiger partial charge in [-0.3, -0.25) is 9.09 Å². The van der Waals surface area contributed by atoms with Gasteiger partial charge in [0.25, 0.3) is 0 Å². The molecule has 0 saturated heterocycles. The fraction of sp³-hybridized carbons (Fsp3) is 0.429. The summed E-state index contributed by atoms with van der Waals surface area (Å²) >= 11 is 0. The molecule has 0 fully saturated rings. The number of nitrogen functional groups attached to an aromatic ring is 1.